The molecule has 0 bridgehead atoms. The van der Waals surface area contributed by atoms with Gasteiger partial charge in [0, 0.05) is 11.1 Å². The van der Waals surface area contributed by atoms with E-state index in [1.165, 1.54) is 23.3 Å². The zero-order chi connectivity index (χ0) is 17.8. The molecule has 3 nitrogen and oxygen atoms in total. The zero-order valence-electron chi connectivity index (χ0n) is 13.9. The van der Waals surface area contributed by atoms with Crippen LogP contribution >= 0.6 is 0 Å². The van der Waals surface area contributed by atoms with Gasteiger partial charge in [0.15, 0.2) is 5.78 Å². The molecule has 0 aromatic heterocycles. The second kappa shape index (κ2) is 7.14. The number of rotatable bonds is 5. The molecule has 3 aromatic carbocycles. The van der Waals surface area contributed by atoms with Crippen molar-refractivity contribution in [2.45, 2.75) is 13.3 Å². The molecule has 0 aliphatic heterocycles. The van der Waals surface area contributed by atoms with Gasteiger partial charge >= 0.3 is 5.97 Å². The molecular weight excluding hydrogens is 312 g/mol. The van der Waals surface area contributed by atoms with Gasteiger partial charge in [-0.25, -0.2) is 4.79 Å². The molecule has 0 unspecified atom stereocenters. The lowest BCUT2D eigenvalue weighted by Crippen LogP contribution is -2.03. The molecule has 0 spiro atoms. The summed E-state index contributed by atoms with van der Waals surface area (Å²) < 4.78 is 0. The van der Waals surface area contributed by atoms with Crippen LogP contribution < -0.4 is 0 Å². The first-order valence-electron chi connectivity index (χ1n) is 8.05. The largest absolute Gasteiger partial charge is 0.478 e. The van der Waals surface area contributed by atoms with Crippen molar-refractivity contribution in [1.82, 2.24) is 0 Å². The lowest BCUT2D eigenvalue weighted by atomic mass is 9.98. The highest BCUT2D eigenvalue weighted by Gasteiger charge is 2.10. The van der Waals surface area contributed by atoms with Crippen LogP contribution in [0.1, 0.15) is 43.0 Å². The van der Waals surface area contributed by atoms with Gasteiger partial charge in [0.05, 0.1) is 5.56 Å². The van der Waals surface area contributed by atoms with Gasteiger partial charge in [-0.15, -0.1) is 0 Å². The van der Waals surface area contributed by atoms with Crippen LogP contribution in [0.4, 0.5) is 0 Å². The number of hydrogen-bond donors (Lipinski definition) is 1. The third-order valence-electron chi connectivity index (χ3n) is 4.14. The molecule has 0 aliphatic rings. The van der Waals surface area contributed by atoms with Gasteiger partial charge in [0.2, 0.25) is 0 Å². The highest BCUT2D eigenvalue weighted by atomic mass is 16.4. The Hall–Kier alpha value is -3.20. The first-order chi connectivity index (χ1) is 12.0. The topological polar surface area (TPSA) is 54.4 Å². The number of aryl methyl sites for hydroxylation is 1. The zero-order valence-corrected chi connectivity index (χ0v) is 13.9. The predicted molar refractivity (Wildman–Crippen MR) is 97.3 cm³/mol. The Labute approximate surface area is 146 Å². The summed E-state index contributed by atoms with van der Waals surface area (Å²) in [6.45, 7) is 2.06. The third-order valence-corrected chi connectivity index (χ3v) is 4.14. The average Bonchev–Trinajstić information content (AvgIpc) is 2.64. The fourth-order valence-corrected chi connectivity index (χ4v) is 2.65. The van der Waals surface area contributed by atoms with Gasteiger partial charge in [-0.3, -0.25) is 4.79 Å². The monoisotopic (exact) mass is 330 g/mol. The van der Waals surface area contributed by atoms with Crippen LogP contribution in [0.15, 0.2) is 72.8 Å². The molecule has 25 heavy (non-hydrogen) atoms. The van der Waals surface area contributed by atoms with Crippen molar-refractivity contribution in [1.29, 1.82) is 0 Å². The minimum absolute atomic E-state index is 0.112. The molecule has 0 radical (unpaired) electrons. The van der Waals surface area contributed by atoms with Gasteiger partial charge in [-0.2, -0.15) is 0 Å². The molecule has 0 fully saturated rings. The average molecular weight is 330 g/mol. The van der Waals surface area contributed by atoms with Gasteiger partial charge in [-0.1, -0.05) is 66.2 Å². The van der Waals surface area contributed by atoms with Crippen molar-refractivity contribution in [3.63, 3.8) is 0 Å². The maximum atomic E-state index is 12.5. The number of carbonyl (C=O) groups excluding carboxylic acids is 1. The maximum Gasteiger partial charge on any atom is 0.335 e. The van der Waals surface area contributed by atoms with Crippen LogP contribution in [-0.4, -0.2) is 16.9 Å². The normalized spacial score (nSPS) is 10.4. The summed E-state index contributed by atoms with van der Waals surface area (Å²) in [5.41, 5.74) is 4.85. The van der Waals surface area contributed by atoms with Crippen molar-refractivity contribution >= 4 is 11.8 Å². The minimum Gasteiger partial charge on any atom is -0.478 e. The number of carbonyl (C=O) groups is 2. The van der Waals surface area contributed by atoms with Crippen LogP contribution in [0.25, 0.3) is 0 Å². The van der Waals surface area contributed by atoms with Crippen LogP contribution in [0, 0.1) is 6.92 Å². The SMILES string of the molecule is Cc1ccc(Cc2ccc(C(=O)c3ccc(C(=O)O)cc3)cc2)cc1. The number of hydrogen-bond acceptors (Lipinski definition) is 2. The van der Waals surface area contributed by atoms with E-state index in [1.54, 1.807) is 12.1 Å². The Balaban J connectivity index is 1.73. The van der Waals surface area contributed by atoms with Crippen molar-refractivity contribution in [2.24, 2.45) is 0 Å². The van der Waals surface area contributed by atoms with E-state index in [1.807, 2.05) is 24.3 Å². The Morgan fingerprint density at radius 2 is 1.08 bits per heavy atom. The number of carboxylic acids is 1. The van der Waals surface area contributed by atoms with Crippen LogP contribution in [0.2, 0.25) is 0 Å². The van der Waals surface area contributed by atoms with Crippen LogP contribution in [0.5, 0.6) is 0 Å². The predicted octanol–water partition coefficient (Wildman–Crippen LogP) is 4.52. The Kier molecular flexibility index (Phi) is 4.75. The molecule has 0 heterocycles. The quantitative estimate of drug-likeness (QED) is 0.700. The van der Waals surface area contributed by atoms with Crippen LogP contribution in [0.3, 0.4) is 0 Å². The standard InChI is InChI=1S/C22H18O3/c1-15-2-4-16(5-3-15)14-17-6-8-18(9-7-17)21(23)19-10-12-20(13-11-19)22(24)25/h2-13H,14H2,1H3,(H,24,25). The Morgan fingerprint density at radius 1 is 0.680 bits per heavy atom. The summed E-state index contributed by atoms with van der Waals surface area (Å²) in [5, 5.41) is 8.91. The lowest BCUT2D eigenvalue weighted by Gasteiger charge is -2.05. The van der Waals surface area contributed by atoms with E-state index >= 15 is 0 Å². The summed E-state index contributed by atoms with van der Waals surface area (Å²) in [7, 11) is 0. The van der Waals surface area contributed by atoms with Crippen molar-refractivity contribution in [3.05, 3.63) is 106 Å². The smallest absolute Gasteiger partial charge is 0.335 e. The Bertz CT molecular complexity index is 890. The number of carboxylic acid groups (broad SMARTS) is 1. The lowest BCUT2D eigenvalue weighted by molar-refractivity contribution is 0.0696. The van der Waals surface area contributed by atoms with E-state index in [9.17, 15) is 9.59 Å². The Morgan fingerprint density at radius 3 is 1.56 bits per heavy atom. The number of aromatic carboxylic acids is 1. The molecule has 0 atom stereocenters. The third kappa shape index (κ3) is 4.01. The summed E-state index contributed by atoms with van der Waals surface area (Å²) >= 11 is 0. The molecule has 3 aromatic rings. The van der Waals surface area contributed by atoms with E-state index in [2.05, 4.69) is 31.2 Å². The summed E-state index contributed by atoms with van der Waals surface area (Å²) in [6, 6.07) is 21.9. The van der Waals surface area contributed by atoms with Crippen LogP contribution in [-0.2, 0) is 6.42 Å². The molecule has 1 N–H and O–H groups in total. The van der Waals surface area contributed by atoms with E-state index < -0.39 is 5.97 Å². The van der Waals surface area contributed by atoms with E-state index in [0.717, 1.165) is 12.0 Å². The molecule has 3 rings (SSSR count). The molecule has 0 amide bonds. The summed E-state index contributed by atoms with van der Waals surface area (Å²) in [6.07, 6.45) is 0.821. The molecular formula is C22H18O3. The first kappa shape index (κ1) is 16.7. The molecule has 0 aliphatic carbocycles. The highest BCUT2D eigenvalue weighted by Crippen LogP contribution is 2.15. The highest BCUT2D eigenvalue weighted by molar-refractivity contribution is 6.09. The fourth-order valence-electron chi connectivity index (χ4n) is 2.65. The van der Waals surface area contributed by atoms with E-state index in [4.69, 9.17) is 5.11 Å². The molecule has 3 heteroatoms. The van der Waals surface area contributed by atoms with Gasteiger partial charge in [0.1, 0.15) is 0 Å². The molecule has 124 valence electrons. The molecule has 0 saturated heterocycles. The minimum atomic E-state index is -1.00. The van der Waals surface area contributed by atoms with Crippen molar-refractivity contribution < 1.29 is 14.7 Å². The summed E-state index contributed by atoms with van der Waals surface area (Å²) in [5.74, 6) is -1.11. The van der Waals surface area contributed by atoms with Gasteiger partial charge < -0.3 is 5.11 Å². The van der Waals surface area contributed by atoms with Crippen molar-refractivity contribution in [3.8, 4) is 0 Å². The second-order valence-electron chi connectivity index (χ2n) is 6.07. The maximum absolute atomic E-state index is 12.5. The number of ketones is 1. The number of benzene rings is 3. The fraction of sp³-hybridized carbons (Fsp3) is 0.0909. The van der Waals surface area contributed by atoms with E-state index in [-0.39, 0.29) is 11.3 Å². The first-order valence-corrected chi connectivity index (χ1v) is 8.05. The second-order valence-corrected chi connectivity index (χ2v) is 6.07. The van der Waals surface area contributed by atoms with Gasteiger partial charge in [-0.05, 0) is 36.6 Å². The summed E-state index contributed by atoms with van der Waals surface area (Å²) in [4.78, 5) is 23.4. The molecule has 0 saturated carbocycles. The van der Waals surface area contributed by atoms with E-state index in [0.29, 0.717) is 11.1 Å². The van der Waals surface area contributed by atoms with Gasteiger partial charge in [0.25, 0.3) is 0 Å². The van der Waals surface area contributed by atoms with Crippen molar-refractivity contribution in [2.75, 3.05) is 0 Å².